The van der Waals surface area contributed by atoms with Crippen molar-refractivity contribution in [3.05, 3.63) is 65.5 Å². The first-order valence-corrected chi connectivity index (χ1v) is 8.37. The fourth-order valence-electron chi connectivity index (χ4n) is 3.27. The fourth-order valence-corrected chi connectivity index (χ4v) is 3.27. The minimum atomic E-state index is -0.609. The Morgan fingerprint density at radius 2 is 2.00 bits per heavy atom. The number of halogens is 1. The highest BCUT2D eigenvalue weighted by Gasteiger charge is 2.44. The van der Waals surface area contributed by atoms with Crippen molar-refractivity contribution in [2.45, 2.75) is 38.6 Å². The lowest BCUT2D eigenvalue weighted by Gasteiger charge is -2.33. The molecule has 4 heteroatoms. The molecule has 2 unspecified atom stereocenters. The summed E-state index contributed by atoms with van der Waals surface area (Å²) in [5, 5.41) is 0. The zero-order valence-corrected chi connectivity index (χ0v) is 14.1. The van der Waals surface area contributed by atoms with Crippen LogP contribution in [0.2, 0.25) is 0 Å². The zero-order chi connectivity index (χ0) is 17.0. The van der Waals surface area contributed by atoms with Crippen LogP contribution in [-0.2, 0) is 21.7 Å². The second kappa shape index (κ2) is 7.32. The van der Waals surface area contributed by atoms with Crippen molar-refractivity contribution in [2.75, 3.05) is 13.2 Å². The SMILES string of the molecule is CCOC1(c2cc(F)cc(OCc3ccccc3)c2)CCOC1C. The van der Waals surface area contributed by atoms with Crippen LogP contribution >= 0.6 is 0 Å². The Morgan fingerprint density at radius 1 is 1.21 bits per heavy atom. The summed E-state index contributed by atoms with van der Waals surface area (Å²) in [7, 11) is 0. The van der Waals surface area contributed by atoms with Gasteiger partial charge in [0.2, 0.25) is 0 Å². The molecule has 3 nitrogen and oxygen atoms in total. The maximum absolute atomic E-state index is 14.2. The van der Waals surface area contributed by atoms with Crippen molar-refractivity contribution >= 4 is 0 Å². The van der Waals surface area contributed by atoms with Crippen LogP contribution in [-0.4, -0.2) is 19.3 Å². The number of ether oxygens (including phenoxy) is 3. The average Bonchev–Trinajstić information content (AvgIpc) is 2.96. The van der Waals surface area contributed by atoms with Gasteiger partial charge in [-0.2, -0.15) is 0 Å². The van der Waals surface area contributed by atoms with Crippen LogP contribution in [0.4, 0.5) is 4.39 Å². The molecule has 1 heterocycles. The van der Waals surface area contributed by atoms with E-state index < -0.39 is 5.60 Å². The lowest BCUT2D eigenvalue weighted by atomic mass is 9.87. The van der Waals surface area contributed by atoms with Crippen LogP contribution in [0.3, 0.4) is 0 Å². The summed E-state index contributed by atoms with van der Waals surface area (Å²) in [5.74, 6) is 0.181. The first kappa shape index (κ1) is 16.9. The minimum Gasteiger partial charge on any atom is -0.489 e. The molecule has 0 amide bonds. The highest BCUT2D eigenvalue weighted by Crippen LogP contribution is 2.41. The summed E-state index contributed by atoms with van der Waals surface area (Å²) in [5.41, 5.74) is 1.21. The quantitative estimate of drug-likeness (QED) is 0.783. The first-order valence-electron chi connectivity index (χ1n) is 8.37. The molecule has 0 aromatic heterocycles. The molecular formula is C20H23FO3. The summed E-state index contributed by atoms with van der Waals surface area (Å²) in [6.07, 6.45) is 0.588. The van der Waals surface area contributed by atoms with Gasteiger partial charge in [-0.15, -0.1) is 0 Å². The van der Waals surface area contributed by atoms with E-state index in [-0.39, 0.29) is 11.9 Å². The predicted molar refractivity (Wildman–Crippen MR) is 90.5 cm³/mol. The van der Waals surface area contributed by atoms with Crippen LogP contribution in [0.15, 0.2) is 48.5 Å². The Kier molecular flexibility index (Phi) is 5.17. The maximum Gasteiger partial charge on any atom is 0.127 e. The van der Waals surface area contributed by atoms with Gasteiger partial charge in [-0.05, 0) is 37.1 Å². The van der Waals surface area contributed by atoms with Crippen LogP contribution < -0.4 is 4.74 Å². The maximum atomic E-state index is 14.2. The predicted octanol–water partition coefficient (Wildman–Crippen LogP) is 4.45. The molecular weight excluding hydrogens is 307 g/mol. The van der Waals surface area contributed by atoms with Gasteiger partial charge in [0.15, 0.2) is 0 Å². The second-order valence-corrected chi connectivity index (χ2v) is 6.04. The molecule has 0 saturated carbocycles. The third-order valence-corrected chi connectivity index (χ3v) is 4.51. The van der Waals surface area contributed by atoms with Crippen molar-refractivity contribution in [1.29, 1.82) is 0 Å². The van der Waals surface area contributed by atoms with Gasteiger partial charge in [0.1, 0.15) is 23.8 Å². The lowest BCUT2D eigenvalue weighted by molar-refractivity contribution is -0.0862. The van der Waals surface area contributed by atoms with E-state index in [2.05, 4.69) is 0 Å². The Morgan fingerprint density at radius 3 is 2.67 bits per heavy atom. The number of hydrogen-bond donors (Lipinski definition) is 0. The van der Waals surface area contributed by atoms with Gasteiger partial charge in [-0.1, -0.05) is 30.3 Å². The van der Waals surface area contributed by atoms with Crippen LogP contribution in [0.5, 0.6) is 5.75 Å². The Hall–Kier alpha value is -1.91. The van der Waals surface area contributed by atoms with E-state index in [1.54, 1.807) is 0 Å². The summed E-state index contributed by atoms with van der Waals surface area (Å²) in [6.45, 7) is 5.47. The van der Waals surface area contributed by atoms with Crippen LogP contribution in [0.25, 0.3) is 0 Å². The highest BCUT2D eigenvalue weighted by atomic mass is 19.1. The number of benzene rings is 2. The van der Waals surface area contributed by atoms with E-state index >= 15 is 0 Å². The van der Waals surface area contributed by atoms with Crippen molar-refractivity contribution in [2.24, 2.45) is 0 Å². The van der Waals surface area contributed by atoms with Crippen molar-refractivity contribution in [1.82, 2.24) is 0 Å². The molecule has 1 fully saturated rings. The van der Waals surface area contributed by atoms with Gasteiger partial charge in [-0.25, -0.2) is 4.39 Å². The van der Waals surface area contributed by atoms with Gasteiger partial charge in [0.05, 0.1) is 12.7 Å². The Labute approximate surface area is 142 Å². The third-order valence-electron chi connectivity index (χ3n) is 4.51. The minimum absolute atomic E-state index is 0.124. The summed E-state index contributed by atoms with van der Waals surface area (Å²) < 4.78 is 31.7. The monoisotopic (exact) mass is 330 g/mol. The van der Waals surface area contributed by atoms with E-state index in [1.165, 1.54) is 12.1 Å². The second-order valence-electron chi connectivity index (χ2n) is 6.04. The molecule has 1 aliphatic heterocycles. The summed E-state index contributed by atoms with van der Waals surface area (Å²) >= 11 is 0. The standard InChI is InChI=1S/C20H23FO3/c1-3-24-20(9-10-22-15(20)2)17-11-18(21)13-19(12-17)23-14-16-7-5-4-6-8-16/h4-8,11-13,15H,3,9-10,14H2,1-2H3. The molecule has 2 atom stereocenters. The largest absolute Gasteiger partial charge is 0.489 e. The summed E-state index contributed by atoms with van der Waals surface area (Å²) in [4.78, 5) is 0. The molecule has 0 bridgehead atoms. The topological polar surface area (TPSA) is 27.7 Å². The van der Waals surface area contributed by atoms with Crippen LogP contribution in [0.1, 0.15) is 31.4 Å². The molecule has 0 spiro atoms. The molecule has 0 aliphatic carbocycles. The normalized spacial score (nSPS) is 23.4. The molecule has 24 heavy (non-hydrogen) atoms. The van der Waals surface area contributed by atoms with E-state index in [0.717, 1.165) is 11.1 Å². The molecule has 128 valence electrons. The molecule has 0 N–H and O–H groups in total. The van der Waals surface area contributed by atoms with E-state index in [0.29, 0.717) is 32.0 Å². The molecule has 2 aromatic carbocycles. The molecule has 0 radical (unpaired) electrons. The summed E-state index contributed by atoms with van der Waals surface area (Å²) in [6, 6.07) is 14.6. The smallest absolute Gasteiger partial charge is 0.127 e. The third kappa shape index (κ3) is 3.45. The Balaban J connectivity index is 1.85. The van der Waals surface area contributed by atoms with Gasteiger partial charge in [-0.3, -0.25) is 0 Å². The van der Waals surface area contributed by atoms with Gasteiger partial charge >= 0.3 is 0 Å². The molecule has 3 rings (SSSR count). The Bertz CT molecular complexity index is 674. The number of hydrogen-bond acceptors (Lipinski definition) is 3. The van der Waals surface area contributed by atoms with Crippen molar-refractivity contribution < 1.29 is 18.6 Å². The van der Waals surface area contributed by atoms with E-state index in [9.17, 15) is 4.39 Å². The fraction of sp³-hybridized carbons (Fsp3) is 0.400. The van der Waals surface area contributed by atoms with Gasteiger partial charge in [0, 0.05) is 19.1 Å². The molecule has 1 saturated heterocycles. The molecule has 1 aliphatic rings. The highest BCUT2D eigenvalue weighted by molar-refractivity contribution is 5.35. The van der Waals surface area contributed by atoms with Gasteiger partial charge < -0.3 is 14.2 Å². The number of rotatable bonds is 6. The lowest BCUT2D eigenvalue weighted by Crippen LogP contribution is -2.36. The van der Waals surface area contributed by atoms with E-state index in [4.69, 9.17) is 14.2 Å². The average molecular weight is 330 g/mol. The first-order chi connectivity index (χ1) is 11.6. The van der Waals surface area contributed by atoms with Crippen molar-refractivity contribution in [3.63, 3.8) is 0 Å². The van der Waals surface area contributed by atoms with E-state index in [1.807, 2.05) is 50.2 Å². The van der Waals surface area contributed by atoms with Crippen molar-refractivity contribution in [3.8, 4) is 5.75 Å². The van der Waals surface area contributed by atoms with Crippen LogP contribution in [0, 0.1) is 5.82 Å². The molecule has 2 aromatic rings. The zero-order valence-electron chi connectivity index (χ0n) is 14.1. The van der Waals surface area contributed by atoms with Gasteiger partial charge in [0.25, 0.3) is 0 Å².